The van der Waals surface area contributed by atoms with Crippen LogP contribution in [-0.2, 0) is 24.3 Å². The quantitative estimate of drug-likeness (QED) is 0.440. The smallest absolute Gasteiger partial charge is 0.340 e. The third-order valence-electron chi connectivity index (χ3n) is 5.08. The molecular formula is C21H18N2O7S. The molecule has 1 aliphatic rings. The molecule has 0 N–H and O–H groups in total. The Bertz CT molecular complexity index is 1330. The molecule has 2 aromatic carbocycles. The molecule has 1 aromatic heterocycles. The first-order valence-corrected chi connectivity index (χ1v) is 10.7. The lowest BCUT2D eigenvalue weighted by atomic mass is 10.2. The summed E-state index contributed by atoms with van der Waals surface area (Å²) in [5, 5.41) is 0.413. The molecule has 1 saturated heterocycles. The number of ether oxygens (including phenoxy) is 2. The van der Waals surface area contributed by atoms with Crippen LogP contribution in [0.4, 0.5) is 5.69 Å². The number of carbonyl (C=O) groups excluding carboxylic acids is 3. The Labute approximate surface area is 177 Å². The zero-order valence-corrected chi connectivity index (χ0v) is 17.5. The summed E-state index contributed by atoms with van der Waals surface area (Å²) in [7, 11) is -1.62. The van der Waals surface area contributed by atoms with Gasteiger partial charge in [-0.1, -0.05) is 18.2 Å². The molecule has 0 saturated carbocycles. The molecule has 2 amide bonds. The molecule has 160 valence electrons. The number of para-hydroxylation sites is 1. The Hall–Kier alpha value is -3.66. The van der Waals surface area contributed by atoms with E-state index in [2.05, 4.69) is 0 Å². The molecule has 0 aliphatic carbocycles. The van der Waals surface area contributed by atoms with Gasteiger partial charge in [-0.25, -0.2) is 22.1 Å². The second-order valence-electron chi connectivity index (χ2n) is 6.81. The Morgan fingerprint density at radius 3 is 2.32 bits per heavy atom. The number of anilines is 1. The fraction of sp³-hybridized carbons (Fsp3) is 0.190. The topological polar surface area (TPSA) is 112 Å². The van der Waals surface area contributed by atoms with Crippen LogP contribution in [0.15, 0.2) is 53.6 Å². The van der Waals surface area contributed by atoms with Crippen molar-refractivity contribution in [3.05, 3.63) is 54.2 Å². The van der Waals surface area contributed by atoms with E-state index < -0.39 is 27.8 Å². The second-order valence-corrected chi connectivity index (χ2v) is 8.62. The zero-order chi connectivity index (χ0) is 22.3. The average molecular weight is 442 g/mol. The number of nitrogens with zero attached hydrogens (tertiary/aromatic N) is 2. The number of hydrogen-bond donors (Lipinski definition) is 0. The highest BCUT2D eigenvalue weighted by molar-refractivity contribution is 7.90. The van der Waals surface area contributed by atoms with Gasteiger partial charge in [-0.2, -0.15) is 0 Å². The predicted octanol–water partition coefficient (Wildman–Crippen LogP) is 2.33. The number of amides is 2. The summed E-state index contributed by atoms with van der Waals surface area (Å²) in [6, 6.07) is 10.4. The van der Waals surface area contributed by atoms with Gasteiger partial charge < -0.3 is 9.47 Å². The van der Waals surface area contributed by atoms with Crippen molar-refractivity contribution in [2.75, 3.05) is 19.1 Å². The number of esters is 1. The van der Waals surface area contributed by atoms with Gasteiger partial charge in [0.05, 0.1) is 35.9 Å². The zero-order valence-electron chi connectivity index (χ0n) is 16.7. The van der Waals surface area contributed by atoms with Crippen LogP contribution in [0.2, 0.25) is 0 Å². The van der Waals surface area contributed by atoms with Gasteiger partial charge >= 0.3 is 5.97 Å². The molecule has 0 spiro atoms. The molecular weight excluding hydrogens is 424 g/mol. The van der Waals surface area contributed by atoms with Crippen molar-refractivity contribution in [1.82, 2.24) is 3.97 Å². The molecule has 0 atom stereocenters. The summed E-state index contributed by atoms with van der Waals surface area (Å²) >= 11 is 0. The lowest BCUT2D eigenvalue weighted by Gasteiger charge is -2.18. The van der Waals surface area contributed by atoms with Crippen molar-refractivity contribution in [1.29, 1.82) is 0 Å². The van der Waals surface area contributed by atoms with Gasteiger partial charge in [0.2, 0.25) is 11.8 Å². The highest BCUT2D eigenvalue weighted by Gasteiger charge is 2.34. The lowest BCUT2D eigenvalue weighted by Crippen LogP contribution is -2.29. The van der Waals surface area contributed by atoms with Gasteiger partial charge in [-0.3, -0.25) is 9.59 Å². The predicted molar refractivity (Wildman–Crippen MR) is 111 cm³/mol. The number of carbonyl (C=O) groups is 3. The van der Waals surface area contributed by atoms with Crippen molar-refractivity contribution >= 4 is 44.4 Å². The largest absolute Gasteiger partial charge is 0.495 e. The van der Waals surface area contributed by atoms with E-state index in [1.54, 1.807) is 24.3 Å². The number of hydrogen-bond acceptors (Lipinski definition) is 7. The van der Waals surface area contributed by atoms with E-state index in [4.69, 9.17) is 9.47 Å². The summed E-state index contributed by atoms with van der Waals surface area (Å²) in [5.74, 6) is -1.35. The first-order chi connectivity index (χ1) is 14.8. The van der Waals surface area contributed by atoms with E-state index in [9.17, 15) is 22.8 Å². The van der Waals surface area contributed by atoms with Gasteiger partial charge in [0, 0.05) is 24.4 Å². The maximum atomic E-state index is 13.5. The number of rotatable bonds is 5. The average Bonchev–Trinajstić information content (AvgIpc) is 3.33. The normalized spacial score (nSPS) is 14.3. The number of benzene rings is 2. The first-order valence-electron chi connectivity index (χ1n) is 9.27. The van der Waals surface area contributed by atoms with Crippen LogP contribution in [0.3, 0.4) is 0 Å². The van der Waals surface area contributed by atoms with Crippen molar-refractivity contribution in [3.63, 3.8) is 0 Å². The van der Waals surface area contributed by atoms with E-state index in [0.717, 1.165) is 8.87 Å². The molecule has 0 bridgehead atoms. The minimum absolute atomic E-state index is 0.0453. The molecule has 3 aromatic rings. The van der Waals surface area contributed by atoms with Crippen molar-refractivity contribution in [3.8, 4) is 5.75 Å². The van der Waals surface area contributed by atoms with Crippen molar-refractivity contribution < 1.29 is 32.3 Å². The van der Waals surface area contributed by atoms with Crippen LogP contribution in [0.25, 0.3) is 10.9 Å². The van der Waals surface area contributed by atoms with E-state index in [1.165, 1.54) is 38.6 Å². The summed E-state index contributed by atoms with van der Waals surface area (Å²) < 4.78 is 38.0. The van der Waals surface area contributed by atoms with Crippen molar-refractivity contribution in [2.45, 2.75) is 17.7 Å². The van der Waals surface area contributed by atoms with E-state index >= 15 is 0 Å². The number of methoxy groups -OCH3 is 2. The fourth-order valence-corrected chi connectivity index (χ4v) is 4.98. The standard InChI is InChI=1S/C21H18N2O7S/c1-29-18-8-7-13(11-17(18)23-19(24)9-10-20(23)25)31(27,28)22-12-15(21(26)30-2)14-5-3-4-6-16(14)22/h3-8,11-12H,9-10H2,1-2H3. The molecule has 10 heteroatoms. The molecule has 31 heavy (non-hydrogen) atoms. The monoisotopic (exact) mass is 442 g/mol. The van der Waals surface area contributed by atoms with Gasteiger partial charge in [-0.05, 0) is 24.3 Å². The molecule has 0 radical (unpaired) electrons. The minimum Gasteiger partial charge on any atom is -0.495 e. The Morgan fingerprint density at radius 1 is 1.00 bits per heavy atom. The van der Waals surface area contributed by atoms with Crippen LogP contribution in [0.5, 0.6) is 5.75 Å². The maximum absolute atomic E-state index is 13.5. The summed E-state index contributed by atoms with van der Waals surface area (Å²) in [5.41, 5.74) is 0.439. The highest BCUT2D eigenvalue weighted by Crippen LogP contribution is 2.35. The van der Waals surface area contributed by atoms with Gasteiger partial charge in [0.15, 0.2) is 0 Å². The SMILES string of the molecule is COC(=O)c1cn(S(=O)(=O)c2ccc(OC)c(N3C(=O)CCC3=O)c2)c2ccccc12. The van der Waals surface area contributed by atoms with Crippen LogP contribution >= 0.6 is 0 Å². The molecule has 1 fully saturated rings. The van der Waals surface area contributed by atoms with Gasteiger partial charge in [-0.15, -0.1) is 0 Å². The fourth-order valence-electron chi connectivity index (χ4n) is 3.59. The van der Waals surface area contributed by atoms with E-state index in [1.807, 2.05) is 0 Å². The first kappa shape index (κ1) is 20.6. The second kappa shape index (κ2) is 7.55. The third kappa shape index (κ3) is 3.25. The summed E-state index contributed by atoms with van der Waals surface area (Å²) in [6.07, 6.45) is 1.29. The number of aromatic nitrogens is 1. The summed E-state index contributed by atoms with van der Waals surface area (Å²) in [4.78, 5) is 37.4. The third-order valence-corrected chi connectivity index (χ3v) is 6.75. The lowest BCUT2D eigenvalue weighted by molar-refractivity contribution is -0.121. The Morgan fingerprint density at radius 2 is 1.68 bits per heavy atom. The highest BCUT2D eigenvalue weighted by atomic mass is 32.2. The number of fused-ring (bicyclic) bond motifs is 1. The summed E-state index contributed by atoms with van der Waals surface area (Å²) in [6.45, 7) is 0. The van der Waals surface area contributed by atoms with Crippen LogP contribution in [0.1, 0.15) is 23.2 Å². The van der Waals surface area contributed by atoms with Gasteiger partial charge in [0.1, 0.15) is 5.75 Å². The Kier molecular flexibility index (Phi) is 5.02. The van der Waals surface area contributed by atoms with Crippen LogP contribution in [-0.4, -0.2) is 44.4 Å². The molecule has 0 unspecified atom stereocenters. The molecule has 9 nitrogen and oxygen atoms in total. The molecule has 1 aliphatic heterocycles. The minimum atomic E-state index is -4.19. The van der Waals surface area contributed by atoms with Crippen molar-refractivity contribution in [2.24, 2.45) is 0 Å². The van der Waals surface area contributed by atoms with E-state index in [0.29, 0.717) is 5.39 Å². The molecule has 2 heterocycles. The Balaban J connectivity index is 1.91. The molecule has 4 rings (SSSR count). The van der Waals surface area contributed by atoms with Gasteiger partial charge in [0.25, 0.3) is 10.0 Å². The number of imide groups is 1. The maximum Gasteiger partial charge on any atom is 0.340 e. The van der Waals surface area contributed by atoms with Crippen LogP contribution < -0.4 is 9.64 Å². The van der Waals surface area contributed by atoms with E-state index in [-0.39, 0.29) is 40.3 Å². The van der Waals surface area contributed by atoms with Crippen LogP contribution in [0, 0.1) is 0 Å².